The number of urea groups is 1. The van der Waals surface area contributed by atoms with Gasteiger partial charge in [0, 0.05) is 36.3 Å². The summed E-state index contributed by atoms with van der Waals surface area (Å²) in [4.78, 5) is 15.4. The molecule has 2 fully saturated rings. The van der Waals surface area contributed by atoms with E-state index in [4.69, 9.17) is 25.8 Å². The number of carbonyl (C=O) groups is 1. The van der Waals surface area contributed by atoms with Gasteiger partial charge in [-0.25, -0.2) is 4.79 Å². The number of ether oxygens (including phenoxy) is 3. The molecule has 2 aliphatic heterocycles. The molecule has 0 radical (unpaired) electrons. The van der Waals surface area contributed by atoms with E-state index in [1.54, 1.807) is 33.5 Å². The van der Waals surface area contributed by atoms with Gasteiger partial charge in [0.25, 0.3) is 0 Å². The summed E-state index contributed by atoms with van der Waals surface area (Å²) in [5.74, 6) is 2.14. The predicted octanol–water partition coefficient (Wildman–Crippen LogP) is 4.63. The second-order valence-corrected chi connectivity index (χ2v) is 9.59. The fourth-order valence-electron chi connectivity index (χ4n) is 5.13. The summed E-state index contributed by atoms with van der Waals surface area (Å²) >= 11 is 6.02. The SMILES string of the molecule is COc1cc(NC(=O)N[C@@H]2CNC[C@H]2N2CCC(Cc3ccc(Cl)cc3)CC2)cc(OC)c1OC.Cl.Cl. The minimum atomic E-state index is -0.254. The van der Waals surface area contributed by atoms with Crippen LogP contribution < -0.4 is 30.2 Å². The molecule has 0 spiro atoms. The Hall–Kier alpha value is -2.10. The van der Waals surface area contributed by atoms with Crippen LogP contribution in [0, 0.1) is 5.92 Å². The number of anilines is 1. The Labute approximate surface area is 236 Å². The predicted molar refractivity (Wildman–Crippen MR) is 153 cm³/mol. The molecule has 2 amide bonds. The standard InChI is InChI=1S/C26H35ClN4O4.2ClH/c1-33-23-13-20(14-24(34-2)25(23)35-3)29-26(32)30-21-15-28-16-22(21)31-10-8-18(9-11-31)12-17-4-6-19(27)7-5-17;;/h4-7,13-14,18,21-22,28H,8-12,15-16H2,1-3H3,(H2,29,30,32);2*1H/t21-,22-;;/m1../s1. The fraction of sp³-hybridized carbons (Fsp3) is 0.500. The molecule has 11 heteroatoms. The highest BCUT2D eigenvalue weighted by Gasteiger charge is 2.35. The van der Waals surface area contributed by atoms with Gasteiger partial charge in [-0.05, 0) is 56.0 Å². The molecule has 2 atom stereocenters. The van der Waals surface area contributed by atoms with Crippen molar-refractivity contribution in [2.45, 2.75) is 31.3 Å². The minimum Gasteiger partial charge on any atom is -0.493 e. The van der Waals surface area contributed by atoms with Gasteiger partial charge >= 0.3 is 6.03 Å². The van der Waals surface area contributed by atoms with E-state index in [-0.39, 0.29) is 42.9 Å². The first-order valence-corrected chi connectivity index (χ1v) is 12.4. The van der Waals surface area contributed by atoms with E-state index in [9.17, 15) is 4.79 Å². The van der Waals surface area contributed by atoms with Crippen molar-refractivity contribution in [1.29, 1.82) is 0 Å². The lowest BCUT2D eigenvalue weighted by atomic mass is 9.89. The van der Waals surface area contributed by atoms with Crippen LogP contribution in [-0.4, -0.2) is 70.5 Å². The van der Waals surface area contributed by atoms with Crippen molar-refractivity contribution in [3.63, 3.8) is 0 Å². The lowest BCUT2D eigenvalue weighted by Gasteiger charge is -2.38. The van der Waals surface area contributed by atoms with Crippen molar-refractivity contribution in [2.24, 2.45) is 5.92 Å². The zero-order chi connectivity index (χ0) is 24.8. The quantitative estimate of drug-likeness (QED) is 0.426. The van der Waals surface area contributed by atoms with Crippen molar-refractivity contribution in [2.75, 3.05) is 52.8 Å². The maximum atomic E-state index is 12.8. The Morgan fingerprint density at radius 3 is 2.19 bits per heavy atom. The van der Waals surface area contributed by atoms with E-state index in [1.807, 2.05) is 12.1 Å². The smallest absolute Gasteiger partial charge is 0.319 e. The monoisotopic (exact) mass is 574 g/mol. The topological polar surface area (TPSA) is 84.1 Å². The van der Waals surface area contributed by atoms with Gasteiger partial charge in [0.1, 0.15) is 0 Å². The molecular weight excluding hydrogens is 539 g/mol. The van der Waals surface area contributed by atoms with E-state index in [0.717, 1.165) is 50.5 Å². The molecule has 0 aliphatic carbocycles. The van der Waals surface area contributed by atoms with E-state index < -0.39 is 0 Å². The lowest BCUT2D eigenvalue weighted by Crippen LogP contribution is -2.54. The van der Waals surface area contributed by atoms with Crippen LogP contribution >= 0.6 is 36.4 Å². The first kappa shape index (κ1) is 31.1. The molecule has 2 aromatic rings. The minimum absolute atomic E-state index is 0. The third-order valence-electron chi connectivity index (χ3n) is 6.98. The number of nitrogens with one attached hydrogen (secondary N) is 3. The van der Waals surface area contributed by atoms with Crippen LogP contribution in [0.4, 0.5) is 10.5 Å². The first-order chi connectivity index (χ1) is 17.0. The number of hydrogen-bond donors (Lipinski definition) is 3. The molecule has 2 saturated heterocycles. The van der Waals surface area contributed by atoms with Gasteiger partial charge in [0.2, 0.25) is 5.75 Å². The van der Waals surface area contributed by atoms with Crippen LogP contribution in [0.25, 0.3) is 0 Å². The van der Waals surface area contributed by atoms with E-state index in [1.165, 1.54) is 5.56 Å². The average molecular weight is 576 g/mol. The molecule has 2 aliphatic rings. The highest BCUT2D eigenvalue weighted by molar-refractivity contribution is 6.30. The van der Waals surface area contributed by atoms with Crippen LogP contribution in [0.15, 0.2) is 36.4 Å². The lowest BCUT2D eigenvalue weighted by molar-refractivity contribution is 0.127. The van der Waals surface area contributed by atoms with Gasteiger partial charge < -0.3 is 30.2 Å². The zero-order valence-electron chi connectivity index (χ0n) is 21.4. The molecule has 0 saturated carbocycles. The normalized spacial score (nSPS) is 19.8. The molecule has 3 N–H and O–H groups in total. The molecule has 8 nitrogen and oxygen atoms in total. The molecule has 0 aromatic heterocycles. The summed E-state index contributed by atoms with van der Waals surface area (Å²) in [6, 6.07) is 11.7. The van der Waals surface area contributed by atoms with Gasteiger partial charge in [-0.15, -0.1) is 24.8 Å². The third-order valence-corrected chi connectivity index (χ3v) is 7.23. The van der Waals surface area contributed by atoms with Gasteiger partial charge in [-0.1, -0.05) is 23.7 Å². The maximum absolute atomic E-state index is 12.8. The molecule has 0 bridgehead atoms. The Morgan fingerprint density at radius 2 is 1.62 bits per heavy atom. The Morgan fingerprint density at radius 1 is 1.00 bits per heavy atom. The number of carbonyl (C=O) groups excluding carboxylic acids is 1. The molecular formula is C26H37Cl3N4O4. The fourth-order valence-corrected chi connectivity index (χ4v) is 5.25. The molecule has 2 aromatic carbocycles. The Kier molecular flexibility index (Phi) is 12.4. The number of rotatable bonds is 8. The maximum Gasteiger partial charge on any atom is 0.319 e. The van der Waals surface area contributed by atoms with Gasteiger partial charge in [0.05, 0.1) is 33.1 Å². The van der Waals surface area contributed by atoms with Crippen LogP contribution in [0.2, 0.25) is 5.02 Å². The molecule has 206 valence electrons. The van der Waals surface area contributed by atoms with Crippen molar-refractivity contribution in [3.05, 3.63) is 47.0 Å². The van der Waals surface area contributed by atoms with E-state index in [2.05, 4.69) is 33.0 Å². The summed E-state index contributed by atoms with van der Waals surface area (Å²) in [5, 5.41) is 10.3. The molecule has 4 rings (SSSR count). The Balaban J connectivity index is 0.00000241. The van der Waals surface area contributed by atoms with Crippen LogP contribution in [0.5, 0.6) is 17.2 Å². The number of amides is 2. The van der Waals surface area contributed by atoms with Crippen LogP contribution in [-0.2, 0) is 6.42 Å². The second-order valence-electron chi connectivity index (χ2n) is 9.15. The summed E-state index contributed by atoms with van der Waals surface area (Å²) in [6.07, 6.45) is 3.40. The average Bonchev–Trinajstić information content (AvgIpc) is 3.33. The molecule has 0 unspecified atom stereocenters. The van der Waals surface area contributed by atoms with Crippen LogP contribution in [0.3, 0.4) is 0 Å². The van der Waals surface area contributed by atoms with Crippen molar-refractivity contribution < 1.29 is 19.0 Å². The summed E-state index contributed by atoms with van der Waals surface area (Å²) < 4.78 is 16.1. The summed E-state index contributed by atoms with van der Waals surface area (Å²) in [7, 11) is 4.65. The molecule has 37 heavy (non-hydrogen) atoms. The number of hydrogen-bond acceptors (Lipinski definition) is 6. The summed E-state index contributed by atoms with van der Waals surface area (Å²) in [6.45, 7) is 3.70. The van der Waals surface area contributed by atoms with E-state index in [0.29, 0.717) is 28.9 Å². The molecule has 2 heterocycles. The second kappa shape index (κ2) is 14.7. The number of piperidine rings is 1. The van der Waals surface area contributed by atoms with Crippen molar-refractivity contribution in [3.8, 4) is 17.2 Å². The number of methoxy groups -OCH3 is 3. The number of nitrogens with zero attached hydrogens (tertiary/aromatic N) is 1. The van der Waals surface area contributed by atoms with Gasteiger partial charge in [-0.3, -0.25) is 4.90 Å². The number of halogens is 3. The van der Waals surface area contributed by atoms with Crippen LogP contribution in [0.1, 0.15) is 18.4 Å². The van der Waals surface area contributed by atoms with Crippen molar-refractivity contribution in [1.82, 2.24) is 15.5 Å². The third kappa shape index (κ3) is 7.94. The van der Waals surface area contributed by atoms with Crippen molar-refractivity contribution >= 4 is 48.1 Å². The van der Waals surface area contributed by atoms with Gasteiger partial charge in [-0.2, -0.15) is 0 Å². The summed E-state index contributed by atoms with van der Waals surface area (Å²) in [5.41, 5.74) is 1.92. The zero-order valence-corrected chi connectivity index (χ0v) is 23.8. The highest BCUT2D eigenvalue weighted by Crippen LogP contribution is 2.40. The van der Waals surface area contributed by atoms with E-state index >= 15 is 0 Å². The Bertz CT molecular complexity index is 979. The number of likely N-dealkylation sites (tertiary alicyclic amines) is 1. The largest absolute Gasteiger partial charge is 0.493 e. The number of benzene rings is 2. The highest BCUT2D eigenvalue weighted by atomic mass is 35.5. The first-order valence-electron chi connectivity index (χ1n) is 12.1. The van der Waals surface area contributed by atoms with Gasteiger partial charge in [0.15, 0.2) is 11.5 Å².